The topological polar surface area (TPSA) is 17.8 Å². The van der Waals surface area contributed by atoms with Gasteiger partial charge in [0.05, 0.1) is 5.69 Å². The third-order valence-electron chi connectivity index (χ3n) is 1.94. The third kappa shape index (κ3) is 3.07. The largest absolute Gasteiger partial charge is 0.257 e. The van der Waals surface area contributed by atoms with Gasteiger partial charge in [-0.25, -0.2) is 0 Å². The van der Waals surface area contributed by atoms with Gasteiger partial charge in [0, 0.05) is 24.2 Å². The molecule has 0 saturated carbocycles. The predicted molar refractivity (Wildman–Crippen MR) is 64.5 cm³/mol. The van der Waals surface area contributed by atoms with Gasteiger partial charge in [-0.05, 0) is 19.1 Å². The average molecular weight is 253 g/mol. The highest BCUT2D eigenvalue weighted by Gasteiger charge is 2.10. The van der Waals surface area contributed by atoms with E-state index in [4.69, 9.17) is 23.2 Å². The molecule has 2 nitrogen and oxygen atoms in total. The quantitative estimate of drug-likeness (QED) is 0.592. The number of hydrogen-bond donors (Lipinski definition) is 0. The summed E-state index contributed by atoms with van der Waals surface area (Å²) in [5, 5.41) is 5.01. The smallest absolute Gasteiger partial charge is 0.131 e. The molecule has 1 aromatic heterocycles. The Morgan fingerprint density at radius 1 is 1.50 bits per heavy atom. The maximum Gasteiger partial charge on any atom is 0.131 e. The van der Waals surface area contributed by atoms with Crippen molar-refractivity contribution in [2.75, 3.05) is 11.6 Å². The van der Waals surface area contributed by atoms with Gasteiger partial charge in [0.2, 0.25) is 0 Å². The van der Waals surface area contributed by atoms with Crippen molar-refractivity contribution in [3.8, 4) is 0 Å². The van der Waals surface area contributed by atoms with E-state index in [1.165, 1.54) is 0 Å². The highest BCUT2D eigenvalue weighted by Crippen LogP contribution is 2.23. The van der Waals surface area contributed by atoms with Gasteiger partial charge in [0.25, 0.3) is 0 Å². The number of rotatable bonds is 5. The molecule has 0 fully saturated rings. The van der Waals surface area contributed by atoms with Gasteiger partial charge in [-0.15, -0.1) is 11.6 Å². The summed E-state index contributed by atoms with van der Waals surface area (Å²) in [5.74, 6) is 2.73. The van der Waals surface area contributed by atoms with E-state index >= 15 is 0 Å². The summed E-state index contributed by atoms with van der Waals surface area (Å²) in [4.78, 5) is 0. The minimum absolute atomic E-state index is 0.729. The summed E-state index contributed by atoms with van der Waals surface area (Å²) < 4.78 is 1.72. The van der Waals surface area contributed by atoms with Gasteiger partial charge in [0.1, 0.15) is 5.15 Å². The summed E-state index contributed by atoms with van der Waals surface area (Å²) in [5.41, 5.74) is 2.17. The minimum atomic E-state index is 0.729. The number of nitrogens with zero attached hydrogens (tertiary/aromatic N) is 2. The highest BCUT2D eigenvalue weighted by atomic mass is 35.5. The van der Waals surface area contributed by atoms with Crippen LogP contribution in [-0.2, 0) is 12.8 Å². The molecule has 1 aromatic rings. The first-order valence-corrected chi connectivity index (χ1v) is 6.55. The van der Waals surface area contributed by atoms with Crippen LogP contribution in [0.2, 0.25) is 5.15 Å². The Labute approximate surface area is 99.0 Å². The number of aryl methyl sites for hydroxylation is 2. The van der Waals surface area contributed by atoms with Crippen molar-refractivity contribution >= 4 is 35.0 Å². The molecule has 0 aliphatic heterocycles. The Morgan fingerprint density at radius 2 is 2.21 bits per heavy atom. The first-order valence-electron chi connectivity index (χ1n) is 4.48. The zero-order valence-corrected chi connectivity index (χ0v) is 10.7. The SMILES string of the molecule is Cc1nn(C)c(Cl)c1CSCCCCl. The fourth-order valence-electron chi connectivity index (χ4n) is 1.17. The van der Waals surface area contributed by atoms with E-state index in [1.54, 1.807) is 4.68 Å². The summed E-state index contributed by atoms with van der Waals surface area (Å²) in [7, 11) is 1.86. The van der Waals surface area contributed by atoms with E-state index in [0.29, 0.717) is 0 Å². The molecule has 0 unspecified atom stereocenters. The molecule has 0 aromatic carbocycles. The zero-order valence-electron chi connectivity index (χ0n) is 8.39. The number of halogens is 2. The van der Waals surface area contributed by atoms with E-state index in [-0.39, 0.29) is 0 Å². The fraction of sp³-hybridized carbons (Fsp3) is 0.667. The molecule has 0 atom stereocenters. The first-order chi connectivity index (χ1) is 6.66. The van der Waals surface area contributed by atoms with E-state index in [1.807, 2.05) is 25.7 Å². The minimum Gasteiger partial charge on any atom is -0.257 e. The van der Waals surface area contributed by atoms with Crippen LogP contribution in [0.4, 0.5) is 0 Å². The molecule has 0 N–H and O–H groups in total. The molecule has 0 aliphatic carbocycles. The lowest BCUT2D eigenvalue weighted by Gasteiger charge is -1.99. The van der Waals surface area contributed by atoms with Crippen LogP contribution in [-0.4, -0.2) is 21.4 Å². The molecule has 0 saturated heterocycles. The molecule has 0 spiro atoms. The van der Waals surface area contributed by atoms with Crippen LogP contribution >= 0.6 is 35.0 Å². The predicted octanol–water partition coefficient (Wildman–Crippen LogP) is 3.24. The second kappa shape index (κ2) is 5.89. The molecule has 5 heteroatoms. The van der Waals surface area contributed by atoms with Gasteiger partial charge < -0.3 is 0 Å². The van der Waals surface area contributed by atoms with Gasteiger partial charge in [-0.2, -0.15) is 16.9 Å². The monoisotopic (exact) mass is 252 g/mol. The van der Waals surface area contributed by atoms with E-state index < -0.39 is 0 Å². The Bertz CT molecular complexity index is 299. The average Bonchev–Trinajstić information content (AvgIpc) is 2.38. The van der Waals surface area contributed by atoms with Crippen molar-refractivity contribution in [2.24, 2.45) is 7.05 Å². The van der Waals surface area contributed by atoms with Crippen molar-refractivity contribution in [3.63, 3.8) is 0 Å². The van der Waals surface area contributed by atoms with E-state index in [9.17, 15) is 0 Å². The Kier molecular flexibility index (Phi) is 5.13. The van der Waals surface area contributed by atoms with Crippen molar-refractivity contribution in [2.45, 2.75) is 19.1 Å². The number of aromatic nitrogens is 2. The van der Waals surface area contributed by atoms with Crippen LogP contribution < -0.4 is 0 Å². The molecule has 14 heavy (non-hydrogen) atoms. The molecule has 80 valence electrons. The van der Waals surface area contributed by atoms with Crippen LogP contribution in [0.25, 0.3) is 0 Å². The van der Waals surface area contributed by atoms with Crippen LogP contribution in [0.15, 0.2) is 0 Å². The summed E-state index contributed by atoms with van der Waals surface area (Å²) >= 11 is 13.5. The second-order valence-electron chi connectivity index (χ2n) is 3.07. The molecule has 0 radical (unpaired) electrons. The molecular formula is C9H14Cl2N2S. The third-order valence-corrected chi connectivity index (χ3v) is 3.75. The van der Waals surface area contributed by atoms with Gasteiger partial charge >= 0.3 is 0 Å². The molecular weight excluding hydrogens is 239 g/mol. The lowest BCUT2D eigenvalue weighted by molar-refractivity contribution is 0.757. The van der Waals surface area contributed by atoms with Crippen LogP contribution in [0.1, 0.15) is 17.7 Å². The van der Waals surface area contributed by atoms with E-state index in [2.05, 4.69) is 5.10 Å². The van der Waals surface area contributed by atoms with Gasteiger partial charge in [-0.3, -0.25) is 4.68 Å². The lowest BCUT2D eigenvalue weighted by Crippen LogP contribution is -1.89. The van der Waals surface area contributed by atoms with E-state index in [0.717, 1.165) is 40.2 Å². The van der Waals surface area contributed by atoms with Crippen LogP contribution in [0.5, 0.6) is 0 Å². The maximum absolute atomic E-state index is 6.09. The number of hydrogen-bond acceptors (Lipinski definition) is 2. The molecule has 0 amide bonds. The normalized spacial score (nSPS) is 10.9. The molecule has 1 heterocycles. The Hall–Kier alpha value is 0.140. The summed E-state index contributed by atoms with van der Waals surface area (Å²) in [6.07, 6.45) is 1.04. The maximum atomic E-state index is 6.09. The van der Waals surface area contributed by atoms with Gasteiger partial charge in [0.15, 0.2) is 0 Å². The van der Waals surface area contributed by atoms with Crippen LogP contribution in [0.3, 0.4) is 0 Å². The molecule has 1 rings (SSSR count). The van der Waals surface area contributed by atoms with Crippen molar-refractivity contribution < 1.29 is 0 Å². The number of alkyl halides is 1. The molecule has 0 bridgehead atoms. The van der Waals surface area contributed by atoms with Crippen molar-refractivity contribution in [1.29, 1.82) is 0 Å². The first kappa shape index (κ1) is 12.2. The standard InChI is InChI=1S/C9H14Cl2N2S/c1-7-8(6-14-5-3-4-10)9(11)13(2)12-7/h3-6H2,1-2H3. The second-order valence-corrected chi connectivity index (χ2v) is 4.91. The molecule has 0 aliphatic rings. The highest BCUT2D eigenvalue weighted by molar-refractivity contribution is 7.98. The summed E-state index contributed by atoms with van der Waals surface area (Å²) in [6.45, 7) is 1.99. The number of thioether (sulfide) groups is 1. The summed E-state index contributed by atoms with van der Waals surface area (Å²) in [6, 6.07) is 0. The van der Waals surface area contributed by atoms with Gasteiger partial charge in [-0.1, -0.05) is 11.6 Å². The zero-order chi connectivity index (χ0) is 10.6. The lowest BCUT2D eigenvalue weighted by atomic mass is 10.3. The van der Waals surface area contributed by atoms with Crippen molar-refractivity contribution in [1.82, 2.24) is 9.78 Å². The fourth-order valence-corrected chi connectivity index (χ4v) is 2.82. The Balaban J connectivity index is 2.49. The van der Waals surface area contributed by atoms with Crippen molar-refractivity contribution in [3.05, 3.63) is 16.4 Å². The van der Waals surface area contributed by atoms with Crippen LogP contribution in [0, 0.1) is 6.92 Å². The Morgan fingerprint density at radius 3 is 2.71 bits per heavy atom.